The van der Waals surface area contributed by atoms with E-state index in [1.54, 1.807) is 0 Å². The molecule has 3 nitrogen and oxygen atoms in total. The summed E-state index contributed by atoms with van der Waals surface area (Å²) in [4.78, 5) is 2.27. The highest BCUT2D eigenvalue weighted by molar-refractivity contribution is 5.18. The molecule has 0 saturated carbocycles. The summed E-state index contributed by atoms with van der Waals surface area (Å²) in [6.07, 6.45) is 2.10. The molecule has 3 heteroatoms. The van der Waals surface area contributed by atoms with Crippen LogP contribution in [0.4, 0.5) is 0 Å². The minimum Gasteiger partial charge on any atom is -0.465 e. The van der Waals surface area contributed by atoms with E-state index in [0.717, 1.165) is 37.5 Å². The Morgan fingerprint density at radius 1 is 1.15 bits per heavy atom. The van der Waals surface area contributed by atoms with Crippen molar-refractivity contribution in [3.8, 4) is 0 Å². The molecule has 0 radical (unpaired) electrons. The topological polar surface area (TPSA) is 42.4 Å². The summed E-state index contributed by atoms with van der Waals surface area (Å²) in [5.41, 5.74) is 7.42. The summed E-state index contributed by atoms with van der Waals surface area (Å²) in [7, 11) is 2.12. The minimum atomic E-state index is 0.135. The van der Waals surface area contributed by atoms with Gasteiger partial charge in [-0.3, -0.25) is 4.90 Å². The molecule has 1 aromatic carbocycles. The summed E-state index contributed by atoms with van der Waals surface area (Å²) >= 11 is 0. The van der Waals surface area contributed by atoms with Crippen molar-refractivity contribution in [3.63, 3.8) is 0 Å². The summed E-state index contributed by atoms with van der Waals surface area (Å²) < 4.78 is 5.58. The lowest BCUT2D eigenvalue weighted by molar-refractivity contribution is 0.284. The van der Waals surface area contributed by atoms with E-state index in [9.17, 15) is 0 Å². The molecule has 1 aromatic heterocycles. The van der Waals surface area contributed by atoms with Crippen LogP contribution >= 0.6 is 0 Å². The van der Waals surface area contributed by atoms with Crippen LogP contribution in [0.1, 0.15) is 36.0 Å². The van der Waals surface area contributed by atoms with Crippen molar-refractivity contribution < 1.29 is 4.42 Å². The molecule has 0 aliphatic heterocycles. The predicted octanol–water partition coefficient (Wildman–Crippen LogP) is 3.50. The van der Waals surface area contributed by atoms with Crippen molar-refractivity contribution in [2.24, 2.45) is 5.73 Å². The Kier molecular flexibility index (Phi) is 5.39. The monoisotopic (exact) mass is 272 g/mol. The molecule has 2 rings (SSSR count). The number of nitrogens with two attached hydrogens (primary N) is 1. The van der Waals surface area contributed by atoms with E-state index in [-0.39, 0.29) is 6.04 Å². The lowest BCUT2D eigenvalue weighted by Crippen LogP contribution is -2.20. The van der Waals surface area contributed by atoms with Gasteiger partial charge in [0.25, 0.3) is 0 Å². The van der Waals surface area contributed by atoms with Crippen LogP contribution in [0.3, 0.4) is 0 Å². The van der Waals surface area contributed by atoms with Gasteiger partial charge in [0, 0.05) is 6.04 Å². The normalized spacial score (nSPS) is 12.8. The number of nitrogens with zero attached hydrogens (tertiary/aromatic N) is 1. The molecule has 0 aliphatic carbocycles. The van der Waals surface area contributed by atoms with Gasteiger partial charge in [-0.2, -0.15) is 0 Å². The van der Waals surface area contributed by atoms with Crippen LogP contribution < -0.4 is 5.73 Å². The Morgan fingerprint density at radius 2 is 1.90 bits per heavy atom. The van der Waals surface area contributed by atoms with E-state index in [0.29, 0.717) is 0 Å². The number of aryl methyl sites for hydroxylation is 1. The molecule has 108 valence electrons. The SMILES string of the molecule is Cc1ccc(CN(C)CCCC(N)c2ccccc2)o1. The second kappa shape index (κ2) is 7.27. The number of rotatable bonds is 7. The van der Waals surface area contributed by atoms with Gasteiger partial charge in [-0.05, 0) is 51.1 Å². The van der Waals surface area contributed by atoms with Gasteiger partial charge in [-0.25, -0.2) is 0 Å². The zero-order valence-corrected chi connectivity index (χ0v) is 12.4. The van der Waals surface area contributed by atoms with E-state index in [1.807, 2.05) is 37.3 Å². The number of hydrogen-bond donors (Lipinski definition) is 1. The van der Waals surface area contributed by atoms with Crippen LogP contribution in [-0.2, 0) is 6.54 Å². The third-order valence-corrected chi connectivity index (χ3v) is 3.50. The first-order chi connectivity index (χ1) is 9.65. The fraction of sp³-hybridized carbons (Fsp3) is 0.412. The fourth-order valence-electron chi connectivity index (χ4n) is 2.36. The average Bonchev–Trinajstić information content (AvgIpc) is 2.85. The van der Waals surface area contributed by atoms with E-state index in [2.05, 4.69) is 24.1 Å². The summed E-state index contributed by atoms with van der Waals surface area (Å²) in [5.74, 6) is 2.00. The van der Waals surface area contributed by atoms with Gasteiger partial charge < -0.3 is 10.2 Å². The van der Waals surface area contributed by atoms with Crippen LogP contribution in [0.15, 0.2) is 46.9 Å². The van der Waals surface area contributed by atoms with Crippen molar-refractivity contribution in [3.05, 3.63) is 59.5 Å². The molecule has 20 heavy (non-hydrogen) atoms. The number of hydrogen-bond acceptors (Lipinski definition) is 3. The maximum Gasteiger partial charge on any atom is 0.118 e. The van der Waals surface area contributed by atoms with Crippen LogP contribution in [0, 0.1) is 6.92 Å². The fourth-order valence-corrected chi connectivity index (χ4v) is 2.36. The highest BCUT2D eigenvalue weighted by Gasteiger charge is 2.07. The molecule has 1 heterocycles. The zero-order valence-electron chi connectivity index (χ0n) is 12.4. The van der Waals surface area contributed by atoms with Crippen molar-refractivity contribution >= 4 is 0 Å². The first-order valence-corrected chi connectivity index (χ1v) is 7.19. The van der Waals surface area contributed by atoms with Gasteiger partial charge in [0.2, 0.25) is 0 Å². The minimum absolute atomic E-state index is 0.135. The number of furan rings is 1. The third-order valence-electron chi connectivity index (χ3n) is 3.50. The molecule has 0 saturated heterocycles. The lowest BCUT2D eigenvalue weighted by atomic mass is 10.0. The molecule has 0 bridgehead atoms. The molecule has 0 spiro atoms. The molecule has 0 aliphatic rings. The second-order valence-electron chi connectivity index (χ2n) is 5.41. The quantitative estimate of drug-likeness (QED) is 0.839. The summed E-state index contributed by atoms with van der Waals surface area (Å²) in [5, 5.41) is 0. The van der Waals surface area contributed by atoms with Gasteiger partial charge in [-0.1, -0.05) is 30.3 Å². The highest BCUT2D eigenvalue weighted by atomic mass is 16.3. The van der Waals surface area contributed by atoms with E-state index < -0.39 is 0 Å². The smallest absolute Gasteiger partial charge is 0.118 e. The Bertz CT molecular complexity index is 507. The second-order valence-corrected chi connectivity index (χ2v) is 5.41. The predicted molar refractivity (Wildman–Crippen MR) is 82.4 cm³/mol. The average molecular weight is 272 g/mol. The first-order valence-electron chi connectivity index (χ1n) is 7.19. The Balaban J connectivity index is 1.70. The zero-order chi connectivity index (χ0) is 14.4. The van der Waals surface area contributed by atoms with Gasteiger partial charge in [0.1, 0.15) is 11.5 Å². The van der Waals surface area contributed by atoms with Crippen LogP contribution in [0.5, 0.6) is 0 Å². The van der Waals surface area contributed by atoms with Crippen molar-refractivity contribution in [1.29, 1.82) is 0 Å². The Hall–Kier alpha value is -1.58. The Labute approximate surface area is 121 Å². The van der Waals surface area contributed by atoms with E-state index in [4.69, 9.17) is 10.2 Å². The summed E-state index contributed by atoms with van der Waals surface area (Å²) in [6, 6.07) is 14.5. The summed E-state index contributed by atoms with van der Waals surface area (Å²) in [6.45, 7) is 3.86. The van der Waals surface area contributed by atoms with Crippen molar-refractivity contribution in [2.45, 2.75) is 32.4 Å². The maximum atomic E-state index is 6.20. The third kappa shape index (κ3) is 4.51. The number of benzene rings is 1. The van der Waals surface area contributed by atoms with Gasteiger partial charge in [0.05, 0.1) is 6.54 Å². The Morgan fingerprint density at radius 3 is 2.55 bits per heavy atom. The largest absolute Gasteiger partial charge is 0.465 e. The van der Waals surface area contributed by atoms with Gasteiger partial charge >= 0.3 is 0 Å². The van der Waals surface area contributed by atoms with Gasteiger partial charge in [-0.15, -0.1) is 0 Å². The van der Waals surface area contributed by atoms with Crippen molar-refractivity contribution in [1.82, 2.24) is 4.90 Å². The molecule has 2 aromatic rings. The molecular formula is C17H24N2O. The van der Waals surface area contributed by atoms with E-state index in [1.165, 1.54) is 5.56 Å². The van der Waals surface area contributed by atoms with Crippen LogP contribution in [-0.4, -0.2) is 18.5 Å². The molecule has 0 fully saturated rings. The van der Waals surface area contributed by atoms with E-state index >= 15 is 0 Å². The highest BCUT2D eigenvalue weighted by Crippen LogP contribution is 2.16. The molecule has 0 amide bonds. The lowest BCUT2D eigenvalue weighted by Gasteiger charge is -2.17. The van der Waals surface area contributed by atoms with Crippen LogP contribution in [0.25, 0.3) is 0 Å². The van der Waals surface area contributed by atoms with Crippen LogP contribution in [0.2, 0.25) is 0 Å². The first kappa shape index (κ1) is 14.8. The maximum absolute atomic E-state index is 6.20. The van der Waals surface area contributed by atoms with Gasteiger partial charge in [0.15, 0.2) is 0 Å². The molecule has 1 atom stereocenters. The van der Waals surface area contributed by atoms with Crippen molar-refractivity contribution in [2.75, 3.05) is 13.6 Å². The standard InChI is InChI=1S/C17H24N2O/c1-14-10-11-16(20-14)13-19(2)12-6-9-17(18)15-7-4-3-5-8-15/h3-5,7-8,10-11,17H,6,9,12-13,18H2,1-2H3. The molecule has 2 N–H and O–H groups in total. The molecule has 1 unspecified atom stereocenters. The molecular weight excluding hydrogens is 248 g/mol.